The summed E-state index contributed by atoms with van der Waals surface area (Å²) >= 11 is 0. The Labute approximate surface area is 204 Å². The lowest BCUT2D eigenvalue weighted by atomic mass is 9.72. The third-order valence-electron chi connectivity index (χ3n) is 6.57. The van der Waals surface area contributed by atoms with Crippen LogP contribution in [0, 0.1) is 0 Å². The van der Waals surface area contributed by atoms with Crippen molar-refractivity contribution in [2.75, 3.05) is 14.2 Å². The second-order valence-corrected chi connectivity index (χ2v) is 12.4. The van der Waals surface area contributed by atoms with Gasteiger partial charge in [-0.05, 0) is 56.9 Å². The van der Waals surface area contributed by atoms with Gasteiger partial charge in [-0.25, -0.2) is 0 Å². The van der Waals surface area contributed by atoms with E-state index in [1.807, 2.05) is 7.11 Å². The standard InChI is InChI=1S/C31H48O2/c1-18(2)21-15-22(19(3)4)26(23(16-21)20(5)6)24-17-25(32-13)27(30(7,8)9)28(29(24)33-14)31(10,11)12/h15-20H,1-14H3. The summed E-state index contributed by atoms with van der Waals surface area (Å²) in [5.41, 5.74) is 8.91. The first-order valence-corrected chi connectivity index (χ1v) is 12.5. The molecule has 0 bridgehead atoms. The molecule has 0 unspecified atom stereocenters. The lowest BCUT2D eigenvalue weighted by Crippen LogP contribution is -2.24. The lowest BCUT2D eigenvalue weighted by molar-refractivity contribution is 0.372. The molecule has 0 atom stereocenters. The highest BCUT2D eigenvalue weighted by Crippen LogP contribution is 2.52. The summed E-state index contributed by atoms with van der Waals surface area (Å²) in [4.78, 5) is 0. The van der Waals surface area contributed by atoms with Crippen LogP contribution in [0.2, 0.25) is 0 Å². The molecule has 0 spiro atoms. The van der Waals surface area contributed by atoms with Crippen LogP contribution in [0.25, 0.3) is 11.1 Å². The topological polar surface area (TPSA) is 18.5 Å². The molecule has 184 valence electrons. The molecule has 0 N–H and O–H groups in total. The first-order chi connectivity index (χ1) is 15.1. The molecule has 0 fully saturated rings. The van der Waals surface area contributed by atoms with Crippen molar-refractivity contribution in [1.82, 2.24) is 0 Å². The molecule has 2 aromatic carbocycles. The Bertz CT molecular complexity index is 950. The maximum atomic E-state index is 6.28. The predicted octanol–water partition coefficient (Wildman–Crippen LogP) is 9.34. The third kappa shape index (κ3) is 5.42. The van der Waals surface area contributed by atoms with E-state index in [0.29, 0.717) is 17.8 Å². The average molecular weight is 453 g/mol. The average Bonchev–Trinajstić information content (AvgIpc) is 2.69. The van der Waals surface area contributed by atoms with Crippen LogP contribution in [-0.4, -0.2) is 14.2 Å². The number of benzene rings is 2. The minimum Gasteiger partial charge on any atom is -0.496 e. The summed E-state index contributed by atoms with van der Waals surface area (Å²) < 4.78 is 12.4. The second kappa shape index (κ2) is 9.72. The molecule has 0 aromatic heterocycles. The van der Waals surface area contributed by atoms with Gasteiger partial charge in [0, 0.05) is 16.7 Å². The van der Waals surface area contributed by atoms with Gasteiger partial charge in [-0.2, -0.15) is 0 Å². The molecule has 2 aromatic rings. The zero-order valence-electron chi connectivity index (χ0n) is 23.8. The van der Waals surface area contributed by atoms with E-state index in [9.17, 15) is 0 Å². The first kappa shape index (κ1) is 27.3. The molecule has 2 nitrogen and oxygen atoms in total. The molecular formula is C31H48O2. The van der Waals surface area contributed by atoms with E-state index in [1.165, 1.54) is 33.4 Å². The van der Waals surface area contributed by atoms with Crippen molar-refractivity contribution < 1.29 is 9.47 Å². The largest absolute Gasteiger partial charge is 0.496 e. The summed E-state index contributed by atoms with van der Waals surface area (Å²) in [7, 11) is 3.61. The third-order valence-corrected chi connectivity index (χ3v) is 6.57. The molecule has 0 aliphatic heterocycles. The molecule has 0 saturated heterocycles. The van der Waals surface area contributed by atoms with Gasteiger partial charge in [0.25, 0.3) is 0 Å². The maximum Gasteiger partial charge on any atom is 0.130 e. The fourth-order valence-electron chi connectivity index (χ4n) is 4.93. The molecular weight excluding hydrogens is 404 g/mol. The fraction of sp³-hybridized carbons (Fsp3) is 0.613. The number of hydrogen-bond acceptors (Lipinski definition) is 2. The Hall–Kier alpha value is -1.96. The summed E-state index contributed by atoms with van der Waals surface area (Å²) in [6.07, 6.45) is 0. The van der Waals surface area contributed by atoms with Crippen molar-refractivity contribution in [2.24, 2.45) is 0 Å². The molecule has 2 heteroatoms. The summed E-state index contributed by atoms with van der Waals surface area (Å²) in [5, 5.41) is 0. The molecule has 33 heavy (non-hydrogen) atoms. The van der Waals surface area contributed by atoms with Crippen LogP contribution in [-0.2, 0) is 10.8 Å². The predicted molar refractivity (Wildman–Crippen MR) is 145 cm³/mol. The Morgan fingerprint density at radius 3 is 1.36 bits per heavy atom. The van der Waals surface area contributed by atoms with Crippen LogP contribution in [0.5, 0.6) is 11.5 Å². The lowest BCUT2D eigenvalue weighted by Gasteiger charge is -2.35. The fourth-order valence-corrected chi connectivity index (χ4v) is 4.93. The Kier molecular flexibility index (Phi) is 8.04. The second-order valence-electron chi connectivity index (χ2n) is 12.4. The van der Waals surface area contributed by atoms with E-state index >= 15 is 0 Å². The van der Waals surface area contributed by atoms with Crippen molar-refractivity contribution in [2.45, 2.75) is 112 Å². The van der Waals surface area contributed by atoms with E-state index in [0.717, 1.165) is 17.1 Å². The Morgan fingerprint density at radius 1 is 0.606 bits per heavy atom. The number of ether oxygens (including phenoxy) is 2. The van der Waals surface area contributed by atoms with Gasteiger partial charge in [0.15, 0.2) is 0 Å². The van der Waals surface area contributed by atoms with Gasteiger partial charge in [-0.15, -0.1) is 0 Å². The van der Waals surface area contributed by atoms with Crippen molar-refractivity contribution in [3.05, 3.63) is 46.0 Å². The van der Waals surface area contributed by atoms with Gasteiger partial charge in [0.1, 0.15) is 11.5 Å². The molecule has 2 rings (SSSR count). The highest BCUT2D eigenvalue weighted by atomic mass is 16.5. The van der Waals surface area contributed by atoms with Gasteiger partial charge in [-0.3, -0.25) is 0 Å². The minimum atomic E-state index is -0.106. The van der Waals surface area contributed by atoms with Crippen LogP contribution >= 0.6 is 0 Å². The number of hydrogen-bond donors (Lipinski definition) is 0. The SMILES string of the molecule is COc1cc(-c2c(C(C)C)cc(C(C)C)cc2C(C)C)c(OC)c(C(C)(C)C)c1C(C)(C)C. The van der Waals surface area contributed by atoms with E-state index in [1.54, 1.807) is 7.11 Å². The highest BCUT2D eigenvalue weighted by Gasteiger charge is 2.35. The molecule has 0 amide bonds. The Morgan fingerprint density at radius 2 is 1.06 bits per heavy atom. The first-order valence-electron chi connectivity index (χ1n) is 12.5. The van der Waals surface area contributed by atoms with E-state index < -0.39 is 0 Å². The van der Waals surface area contributed by atoms with Gasteiger partial charge >= 0.3 is 0 Å². The van der Waals surface area contributed by atoms with Gasteiger partial charge < -0.3 is 9.47 Å². The van der Waals surface area contributed by atoms with E-state index in [2.05, 4.69) is 101 Å². The molecule has 0 radical (unpaired) electrons. The quantitative estimate of drug-likeness (QED) is 0.434. The van der Waals surface area contributed by atoms with Crippen LogP contribution in [0.15, 0.2) is 18.2 Å². The zero-order chi connectivity index (χ0) is 25.5. The van der Waals surface area contributed by atoms with Crippen molar-refractivity contribution in [1.29, 1.82) is 0 Å². The Balaban J connectivity index is 3.20. The number of rotatable bonds is 6. The maximum absolute atomic E-state index is 6.28. The van der Waals surface area contributed by atoms with Gasteiger partial charge in [0.05, 0.1) is 14.2 Å². The van der Waals surface area contributed by atoms with Crippen molar-refractivity contribution in [3.63, 3.8) is 0 Å². The number of methoxy groups -OCH3 is 2. The molecule has 0 aliphatic rings. The minimum absolute atomic E-state index is 0.0803. The van der Waals surface area contributed by atoms with Crippen molar-refractivity contribution >= 4 is 0 Å². The molecule has 0 aliphatic carbocycles. The van der Waals surface area contributed by atoms with E-state index in [-0.39, 0.29) is 10.8 Å². The van der Waals surface area contributed by atoms with Gasteiger partial charge in [0.2, 0.25) is 0 Å². The van der Waals surface area contributed by atoms with Crippen LogP contribution in [0.3, 0.4) is 0 Å². The molecule has 0 heterocycles. The summed E-state index contributed by atoms with van der Waals surface area (Å²) in [6, 6.07) is 7.06. The van der Waals surface area contributed by atoms with Crippen LogP contribution in [0.4, 0.5) is 0 Å². The molecule has 0 saturated carbocycles. The summed E-state index contributed by atoms with van der Waals surface area (Å²) in [5.74, 6) is 3.20. The zero-order valence-corrected chi connectivity index (χ0v) is 23.8. The monoisotopic (exact) mass is 452 g/mol. The van der Waals surface area contributed by atoms with Crippen LogP contribution < -0.4 is 9.47 Å². The highest BCUT2D eigenvalue weighted by molar-refractivity contribution is 5.82. The summed E-state index contributed by atoms with van der Waals surface area (Å²) in [6.45, 7) is 27.4. The smallest absolute Gasteiger partial charge is 0.130 e. The van der Waals surface area contributed by atoms with E-state index in [4.69, 9.17) is 9.47 Å². The van der Waals surface area contributed by atoms with Crippen LogP contribution in [0.1, 0.15) is 129 Å². The van der Waals surface area contributed by atoms with Gasteiger partial charge in [-0.1, -0.05) is 95.2 Å². The van der Waals surface area contributed by atoms with Crippen molar-refractivity contribution in [3.8, 4) is 22.6 Å². The normalized spacial score (nSPS) is 12.8.